The average molecular weight is 727 g/mol. The molecule has 0 aromatic heterocycles. The topological polar surface area (TPSA) is 0 Å². The van der Waals surface area contributed by atoms with E-state index in [9.17, 15) is 0 Å². The molecule has 5 rings (SSSR count). The van der Waals surface area contributed by atoms with Gasteiger partial charge < -0.3 is 0 Å². The predicted molar refractivity (Wildman–Crippen MR) is 245 cm³/mol. The zero-order valence-corrected chi connectivity index (χ0v) is 38.1. The van der Waals surface area contributed by atoms with E-state index in [4.69, 9.17) is 0 Å². The molecule has 0 heterocycles. The maximum absolute atomic E-state index is 2.28. The lowest BCUT2D eigenvalue weighted by Crippen LogP contribution is -1.94. The molecule has 0 N–H and O–H groups in total. The monoisotopic (exact) mass is 727 g/mol. The van der Waals surface area contributed by atoms with Crippen LogP contribution in [0.3, 0.4) is 0 Å². The second-order valence-electron chi connectivity index (χ2n) is 16.9. The van der Waals surface area contributed by atoms with Crippen molar-refractivity contribution in [1.82, 2.24) is 0 Å². The summed E-state index contributed by atoms with van der Waals surface area (Å²) in [6.45, 7) is 41.9. The van der Waals surface area contributed by atoms with Gasteiger partial charge in [-0.15, -0.1) is 0 Å². The third-order valence-electron chi connectivity index (χ3n) is 10.3. The first-order valence-corrected chi connectivity index (χ1v) is 20.5. The smallest absolute Gasteiger partial charge is 0.0214 e. The van der Waals surface area contributed by atoms with Crippen LogP contribution >= 0.6 is 0 Å². The largest absolute Gasteiger partial charge is 0.0620 e. The molecule has 0 spiro atoms. The minimum absolute atomic E-state index is 0.648. The van der Waals surface area contributed by atoms with E-state index in [1.165, 1.54) is 77.9 Å². The van der Waals surface area contributed by atoms with Gasteiger partial charge in [-0.25, -0.2) is 0 Å². The number of benzene rings is 5. The summed E-state index contributed by atoms with van der Waals surface area (Å²) in [4.78, 5) is 0. The Balaban J connectivity index is 0.000000338. The number of aryl methyl sites for hydroxylation is 8. The van der Waals surface area contributed by atoms with Gasteiger partial charge in [0.1, 0.15) is 0 Å². The summed E-state index contributed by atoms with van der Waals surface area (Å²) in [6.07, 6.45) is 0. The fourth-order valence-electron chi connectivity index (χ4n) is 7.23. The highest BCUT2D eigenvalue weighted by Gasteiger charge is 2.06. The van der Waals surface area contributed by atoms with Gasteiger partial charge in [-0.05, 0) is 159 Å². The molecule has 0 bridgehead atoms. The van der Waals surface area contributed by atoms with Gasteiger partial charge in [-0.1, -0.05) is 177 Å². The van der Waals surface area contributed by atoms with Gasteiger partial charge in [-0.2, -0.15) is 0 Å². The SMILES string of the molecule is Cc1ccc(C(C)C)c(C)c1.Cc1ccc(C)c(C(C)C)c1.Cc1cccc(C(C)C)c1C.Cc1cccc(C)c1C(C)C.Cc1ccccc1C(C)C. The molecule has 0 radical (unpaired) electrons. The van der Waals surface area contributed by atoms with Crippen LogP contribution in [-0.4, -0.2) is 0 Å². The molecule has 5 aromatic carbocycles. The van der Waals surface area contributed by atoms with Crippen LogP contribution in [0.5, 0.6) is 0 Å². The molecule has 0 heteroatoms. The van der Waals surface area contributed by atoms with Gasteiger partial charge in [0.25, 0.3) is 0 Å². The zero-order chi connectivity index (χ0) is 41.3. The predicted octanol–water partition coefficient (Wildman–Crippen LogP) is 16.8. The molecule has 0 fully saturated rings. The van der Waals surface area contributed by atoms with Gasteiger partial charge >= 0.3 is 0 Å². The van der Waals surface area contributed by atoms with E-state index in [1.54, 1.807) is 0 Å². The van der Waals surface area contributed by atoms with Gasteiger partial charge in [0, 0.05) is 0 Å². The first-order chi connectivity index (χ1) is 25.2. The molecule has 0 amide bonds. The van der Waals surface area contributed by atoms with Crippen LogP contribution in [0.15, 0.2) is 97.1 Å². The maximum Gasteiger partial charge on any atom is -0.0214 e. The van der Waals surface area contributed by atoms with Crippen LogP contribution in [0, 0.1) is 62.3 Å². The Morgan fingerprint density at radius 1 is 0.278 bits per heavy atom. The van der Waals surface area contributed by atoms with Crippen LogP contribution in [0.25, 0.3) is 0 Å². The quantitative estimate of drug-likeness (QED) is 0.169. The number of hydrogen-bond donors (Lipinski definition) is 0. The molecule has 0 aliphatic heterocycles. The molecule has 0 atom stereocenters. The van der Waals surface area contributed by atoms with Gasteiger partial charge in [0.05, 0.1) is 0 Å². The minimum atomic E-state index is 0.648. The molecule has 0 unspecified atom stereocenters. The second kappa shape index (κ2) is 23.8. The molecule has 0 saturated carbocycles. The molecule has 54 heavy (non-hydrogen) atoms. The summed E-state index contributed by atoms with van der Waals surface area (Å²) in [5, 5.41) is 0. The Morgan fingerprint density at radius 2 is 0.667 bits per heavy atom. The summed E-state index contributed by atoms with van der Waals surface area (Å²) in [5.74, 6) is 3.25. The number of rotatable bonds is 5. The van der Waals surface area contributed by atoms with Crippen molar-refractivity contribution in [1.29, 1.82) is 0 Å². The van der Waals surface area contributed by atoms with Gasteiger partial charge in [-0.3, -0.25) is 0 Å². The molecule has 0 aliphatic carbocycles. The van der Waals surface area contributed by atoms with Crippen LogP contribution in [0.2, 0.25) is 0 Å². The summed E-state index contributed by atoms with van der Waals surface area (Å²) in [5.41, 5.74) is 20.0. The maximum atomic E-state index is 2.28. The first kappa shape index (κ1) is 48.1. The van der Waals surface area contributed by atoms with Crippen molar-refractivity contribution in [3.05, 3.63) is 175 Å². The lowest BCUT2D eigenvalue weighted by Gasteiger charge is -2.12. The average Bonchev–Trinajstić information content (AvgIpc) is 3.08. The van der Waals surface area contributed by atoms with Gasteiger partial charge in [0.2, 0.25) is 0 Å². The summed E-state index contributed by atoms with van der Waals surface area (Å²) >= 11 is 0. The highest BCUT2D eigenvalue weighted by Crippen LogP contribution is 2.24. The fourth-order valence-corrected chi connectivity index (χ4v) is 7.23. The van der Waals surface area contributed by atoms with Crippen molar-refractivity contribution in [3.8, 4) is 0 Å². The Labute approximate surface area is 334 Å². The van der Waals surface area contributed by atoms with Crippen molar-refractivity contribution < 1.29 is 0 Å². The third-order valence-corrected chi connectivity index (χ3v) is 10.3. The van der Waals surface area contributed by atoms with Crippen molar-refractivity contribution >= 4 is 0 Å². The van der Waals surface area contributed by atoms with Crippen LogP contribution in [-0.2, 0) is 0 Å². The van der Waals surface area contributed by atoms with Gasteiger partial charge in [0.15, 0.2) is 0 Å². The third kappa shape index (κ3) is 16.2. The normalized spacial score (nSPS) is 10.6. The second-order valence-corrected chi connectivity index (χ2v) is 16.9. The Morgan fingerprint density at radius 3 is 1.07 bits per heavy atom. The van der Waals surface area contributed by atoms with E-state index >= 15 is 0 Å². The lowest BCUT2D eigenvalue weighted by molar-refractivity contribution is 0.846. The Bertz CT molecular complexity index is 1800. The molecular formula is C54H78. The van der Waals surface area contributed by atoms with E-state index in [2.05, 4.69) is 229 Å². The Hall–Kier alpha value is -3.90. The first-order valence-electron chi connectivity index (χ1n) is 20.5. The number of hydrogen-bond acceptors (Lipinski definition) is 0. The summed E-state index contributed by atoms with van der Waals surface area (Å²) in [6, 6.07) is 34.9. The van der Waals surface area contributed by atoms with Crippen LogP contribution in [0.1, 0.15) is 177 Å². The highest BCUT2D eigenvalue weighted by molar-refractivity contribution is 5.37. The van der Waals surface area contributed by atoms with Crippen LogP contribution < -0.4 is 0 Å². The standard InChI is InChI=1S/4C11H16.C10H14/c1-8(2)11-6-5-9(3)7-10(11)4;1-8(2)11-7-9(3)5-6-10(11)4;1-8(2)11-7-5-6-9(3)10(11)4;1-8(2)11-9(3)6-5-7-10(11)4;1-8(2)10-7-5-4-6-9(10)3/h4*5-8H,1-4H3;4-8H,1-3H3. The van der Waals surface area contributed by atoms with Crippen molar-refractivity contribution in [2.45, 2.75) is 161 Å². The molecule has 0 saturated heterocycles. The van der Waals surface area contributed by atoms with E-state index in [-0.39, 0.29) is 0 Å². The highest BCUT2D eigenvalue weighted by atomic mass is 14.1. The van der Waals surface area contributed by atoms with E-state index < -0.39 is 0 Å². The zero-order valence-electron chi connectivity index (χ0n) is 38.1. The summed E-state index contributed by atoms with van der Waals surface area (Å²) in [7, 11) is 0. The lowest BCUT2D eigenvalue weighted by atomic mass is 9.94. The van der Waals surface area contributed by atoms with E-state index in [1.807, 2.05) is 0 Å². The molecule has 0 nitrogen and oxygen atoms in total. The van der Waals surface area contributed by atoms with E-state index in [0.29, 0.717) is 29.6 Å². The van der Waals surface area contributed by atoms with Crippen LogP contribution in [0.4, 0.5) is 0 Å². The minimum Gasteiger partial charge on any atom is -0.0620 e. The van der Waals surface area contributed by atoms with Crippen molar-refractivity contribution in [3.63, 3.8) is 0 Å². The Kier molecular flexibility index (Phi) is 21.2. The molecule has 0 aliphatic rings. The molecular weight excluding hydrogens is 649 g/mol. The van der Waals surface area contributed by atoms with Crippen molar-refractivity contribution in [2.24, 2.45) is 0 Å². The van der Waals surface area contributed by atoms with E-state index in [0.717, 1.165) is 0 Å². The summed E-state index contributed by atoms with van der Waals surface area (Å²) < 4.78 is 0. The molecule has 5 aromatic rings. The molecule has 294 valence electrons. The van der Waals surface area contributed by atoms with Crippen molar-refractivity contribution in [2.75, 3.05) is 0 Å². The fraction of sp³-hybridized carbons (Fsp3) is 0.444.